The molecule has 0 aliphatic carbocycles. The molecule has 1 aliphatic rings. The highest BCUT2D eigenvalue weighted by Gasteiger charge is 2.19. The number of hydrogen-bond acceptors (Lipinski definition) is 3. The van der Waals surface area contributed by atoms with E-state index in [0.717, 1.165) is 43.4 Å². The van der Waals surface area contributed by atoms with Crippen LogP contribution in [-0.4, -0.2) is 31.2 Å². The molecule has 1 aromatic heterocycles. The van der Waals surface area contributed by atoms with Crippen molar-refractivity contribution < 1.29 is 0 Å². The molecule has 0 saturated carbocycles. The molecule has 0 bridgehead atoms. The average molecular weight is 269 g/mol. The van der Waals surface area contributed by atoms with Crippen LogP contribution in [0.25, 0.3) is 10.9 Å². The summed E-state index contributed by atoms with van der Waals surface area (Å²) >= 11 is 0. The van der Waals surface area contributed by atoms with Gasteiger partial charge in [0.05, 0.1) is 5.52 Å². The number of benzene rings is 1. The lowest BCUT2D eigenvalue weighted by Crippen LogP contribution is -2.37. The number of piperidine rings is 1. The first kappa shape index (κ1) is 13.4. The van der Waals surface area contributed by atoms with E-state index in [1.807, 2.05) is 0 Å². The quantitative estimate of drug-likeness (QED) is 0.924. The van der Waals surface area contributed by atoms with Crippen LogP contribution in [0.2, 0.25) is 0 Å². The van der Waals surface area contributed by atoms with Crippen LogP contribution >= 0.6 is 0 Å². The van der Waals surface area contributed by atoms with Gasteiger partial charge in [-0.25, -0.2) is 4.98 Å². The Balaban J connectivity index is 1.67. The molecular formula is C17H23N3. The summed E-state index contributed by atoms with van der Waals surface area (Å²) in [5.41, 5.74) is 1.10. The van der Waals surface area contributed by atoms with Gasteiger partial charge in [0.2, 0.25) is 0 Å². The third-order valence-corrected chi connectivity index (χ3v) is 4.21. The number of fused-ring (bicyclic) bond motifs is 1. The Morgan fingerprint density at radius 1 is 1.15 bits per heavy atom. The Kier molecular flexibility index (Phi) is 4.16. The first-order valence-electron chi connectivity index (χ1n) is 7.68. The molecule has 3 nitrogen and oxygen atoms in total. The number of hydrogen-bond donors (Lipinski definition) is 1. The van der Waals surface area contributed by atoms with Gasteiger partial charge in [0.25, 0.3) is 0 Å². The van der Waals surface area contributed by atoms with Crippen LogP contribution in [0.4, 0.5) is 5.82 Å². The van der Waals surface area contributed by atoms with E-state index in [-0.39, 0.29) is 0 Å². The molecule has 0 unspecified atom stereocenters. The van der Waals surface area contributed by atoms with Crippen LogP contribution in [0.15, 0.2) is 36.4 Å². The highest BCUT2D eigenvalue weighted by atomic mass is 15.2. The summed E-state index contributed by atoms with van der Waals surface area (Å²) in [7, 11) is 0. The lowest BCUT2D eigenvalue weighted by molar-refractivity contribution is 0.385. The number of para-hydroxylation sites is 1. The van der Waals surface area contributed by atoms with Gasteiger partial charge >= 0.3 is 0 Å². The number of anilines is 1. The van der Waals surface area contributed by atoms with Crippen LogP contribution in [0.1, 0.15) is 19.8 Å². The van der Waals surface area contributed by atoms with Crippen LogP contribution in [0.3, 0.4) is 0 Å². The standard InChI is InChI=1S/C17H23N3/c1-2-18-13-14-9-11-20(12-10-14)17-8-7-15-5-3-4-6-16(15)19-17/h3-8,14,18H,2,9-13H2,1H3. The molecule has 1 aromatic carbocycles. The second kappa shape index (κ2) is 6.23. The first-order valence-corrected chi connectivity index (χ1v) is 7.68. The Bertz CT molecular complexity index is 559. The molecule has 2 aromatic rings. The highest BCUT2D eigenvalue weighted by Crippen LogP contribution is 2.23. The Hall–Kier alpha value is -1.61. The van der Waals surface area contributed by atoms with E-state index in [2.05, 4.69) is 53.5 Å². The molecule has 0 radical (unpaired) electrons. The molecule has 0 spiro atoms. The molecule has 0 amide bonds. The van der Waals surface area contributed by atoms with Gasteiger partial charge < -0.3 is 10.2 Å². The van der Waals surface area contributed by atoms with Gasteiger partial charge in [-0.15, -0.1) is 0 Å². The third kappa shape index (κ3) is 2.93. The van der Waals surface area contributed by atoms with Crippen molar-refractivity contribution in [1.29, 1.82) is 0 Å². The van der Waals surface area contributed by atoms with Crippen molar-refractivity contribution in [2.75, 3.05) is 31.1 Å². The number of pyridine rings is 1. The van der Waals surface area contributed by atoms with Crippen molar-refractivity contribution >= 4 is 16.7 Å². The molecule has 0 atom stereocenters. The van der Waals surface area contributed by atoms with E-state index in [1.54, 1.807) is 0 Å². The number of rotatable bonds is 4. The van der Waals surface area contributed by atoms with Crippen molar-refractivity contribution in [1.82, 2.24) is 10.3 Å². The minimum atomic E-state index is 0.826. The van der Waals surface area contributed by atoms with Gasteiger partial charge in [-0.2, -0.15) is 0 Å². The highest BCUT2D eigenvalue weighted by molar-refractivity contribution is 5.80. The predicted molar refractivity (Wildman–Crippen MR) is 85.2 cm³/mol. The lowest BCUT2D eigenvalue weighted by Gasteiger charge is -2.33. The zero-order valence-corrected chi connectivity index (χ0v) is 12.2. The Labute approximate surface area is 121 Å². The molecular weight excluding hydrogens is 246 g/mol. The molecule has 1 N–H and O–H groups in total. The van der Waals surface area contributed by atoms with E-state index in [4.69, 9.17) is 4.98 Å². The molecule has 3 heteroatoms. The fourth-order valence-corrected chi connectivity index (χ4v) is 2.95. The van der Waals surface area contributed by atoms with Gasteiger partial charge in [-0.1, -0.05) is 25.1 Å². The second-order valence-corrected chi connectivity index (χ2v) is 5.60. The predicted octanol–water partition coefficient (Wildman–Crippen LogP) is 3.06. The van der Waals surface area contributed by atoms with Crippen LogP contribution in [0, 0.1) is 5.92 Å². The molecule has 106 valence electrons. The maximum Gasteiger partial charge on any atom is 0.129 e. The lowest BCUT2D eigenvalue weighted by atomic mass is 9.97. The zero-order chi connectivity index (χ0) is 13.8. The summed E-state index contributed by atoms with van der Waals surface area (Å²) < 4.78 is 0. The molecule has 1 aliphatic heterocycles. The van der Waals surface area contributed by atoms with Crippen LogP contribution in [-0.2, 0) is 0 Å². The summed E-state index contributed by atoms with van der Waals surface area (Å²) in [5, 5.41) is 4.68. The van der Waals surface area contributed by atoms with Gasteiger partial charge in [-0.3, -0.25) is 0 Å². The largest absolute Gasteiger partial charge is 0.357 e. The van der Waals surface area contributed by atoms with Crippen LogP contribution < -0.4 is 10.2 Å². The van der Waals surface area contributed by atoms with Gasteiger partial charge in [0.1, 0.15) is 5.82 Å². The van der Waals surface area contributed by atoms with E-state index >= 15 is 0 Å². The number of nitrogens with one attached hydrogen (secondary N) is 1. The average Bonchev–Trinajstić information content (AvgIpc) is 2.53. The molecule has 2 heterocycles. The molecule has 1 saturated heterocycles. The first-order chi connectivity index (χ1) is 9.86. The Morgan fingerprint density at radius 2 is 1.95 bits per heavy atom. The van der Waals surface area contributed by atoms with Crippen molar-refractivity contribution in [2.24, 2.45) is 5.92 Å². The third-order valence-electron chi connectivity index (χ3n) is 4.21. The maximum absolute atomic E-state index is 4.80. The summed E-state index contributed by atoms with van der Waals surface area (Å²) in [4.78, 5) is 7.22. The van der Waals surface area contributed by atoms with Gasteiger partial charge in [-0.05, 0) is 50.0 Å². The van der Waals surface area contributed by atoms with Crippen molar-refractivity contribution in [2.45, 2.75) is 19.8 Å². The Morgan fingerprint density at radius 3 is 2.75 bits per heavy atom. The summed E-state index contributed by atoms with van der Waals surface area (Å²) in [6, 6.07) is 12.7. The summed E-state index contributed by atoms with van der Waals surface area (Å²) in [5.74, 6) is 1.96. The minimum absolute atomic E-state index is 0.826. The monoisotopic (exact) mass is 269 g/mol. The van der Waals surface area contributed by atoms with Gasteiger partial charge in [0.15, 0.2) is 0 Å². The summed E-state index contributed by atoms with van der Waals surface area (Å²) in [6.07, 6.45) is 2.53. The second-order valence-electron chi connectivity index (χ2n) is 5.60. The molecule has 3 rings (SSSR count). The van der Waals surface area contributed by atoms with E-state index < -0.39 is 0 Å². The topological polar surface area (TPSA) is 28.2 Å². The van der Waals surface area contributed by atoms with Crippen molar-refractivity contribution in [3.05, 3.63) is 36.4 Å². The normalized spacial score (nSPS) is 16.8. The van der Waals surface area contributed by atoms with Crippen molar-refractivity contribution in [3.8, 4) is 0 Å². The van der Waals surface area contributed by atoms with E-state index in [0.29, 0.717) is 0 Å². The number of nitrogens with zero attached hydrogens (tertiary/aromatic N) is 2. The SMILES string of the molecule is CCNCC1CCN(c2ccc3ccccc3n2)CC1. The van der Waals surface area contributed by atoms with Crippen molar-refractivity contribution in [3.63, 3.8) is 0 Å². The fraction of sp³-hybridized carbons (Fsp3) is 0.471. The maximum atomic E-state index is 4.80. The minimum Gasteiger partial charge on any atom is -0.357 e. The van der Waals surface area contributed by atoms with E-state index in [1.165, 1.54) is 18.2 Å². The molecule has 1 fully saturated rings. The fourth-order valence-electron chi connectivity index (χ4n) is 2.95. The molecule has 20 heavy (non-hydrogen) atoms. The smallest absolute Gasteiger partial charge is 0.129 e. The van der Waals surface area contributed by atoms with Gasteiger partial charge in [0, 0.05) is 18.5 Å². The van der Waals surface area contributed by atoms with Crippen LogP contribution in [0.5, 0.6) is 0 Å². The van der Waals surface area contributed by atoms with E-state index in [9.17, 15) is 0 Å². The zero-order valence-electron chi connectivity index (χ0n) is 12.2. The number of aromatic nitrogens is 1. The summed E-state index contributed by atoms with van der Waals surface area (Å²) in [6.45, 7) is 6.67.